The molecule has 0 aromatic rings. The van der Waals surface area contributed by atoms with Gasteiger partial charge < -0.3 is 28.5 Å². The zero-order chi connectivity index (χ0) is 62.1. The molecule has 0 aliphatic carbocycles. The Kier molecular flexibility index (Phi) is 60.3. The third-order valence-electron chi connectivity index (χ3n) is 14.6. The van der Waals surface area contributed by atoms with Crippen molar-refractivity contribution < 1.29 is 37.3 Å². The molecule has 0 rings (SSSR count). The SMILES string of the molecule is CC/C=C\C/C=C\C/C=C\C/C=C\C/C=C\CCCCCCCCCCCC(=O)NC(COP(=O)([O-])OCC[N+](C)(C)C)C(/C=C\CCCCCCCCCCCCC)OC(=O)CCCCCCC/C=C\C/C=C\C/C=C\C/C=C\C/C=C\CC. The minimum atomic E-state index is -4.72. The first-order valence-corrected chi connectivity index (χ1v) is 36.0. The van der Waals surface area contributed by atoms with E-state index in [9.17, 15) is 19.0 Å². The molecule has 0 aromatic carbocycles. The average Bonchev–Trinajstić information content (AvgIpc) is 3.64. The van der Waals surface area contributed by atoms with Crippen LogP contribution in [0.1, 0.15) is 278 Å². The first-order valence-electron chi connectivity index (χ1n) is 34.5. The number of amides is 1. The maximum Gasteiger partial charge on any atom is 0.306 e. The Hall–Kier alpha value is -3.85. The summed E-state index contributed by atoms with van der Waals surface area (Å²) in [5, 5.41) is 3.03. The predicted octanol–water partition coefficient (Wildman–Crippen LogP) is 21.4. The van der Waals surface area contributed by atoms with Crippen LogP contribution in [0.2, 0.25) is 0 Å². The Morgan fingerprint density at radius 3 is 1.13 bits per heavy atom. The minimum Gasteiger partial charge on any atom is -0.756 e. The summed E-state index contributed by atoms with van der Waals surface area (Å²) in [5.74, 6) is -0.575. The second kappa shape index (κ2) is 63.2. The van der Waals surface area contributed by atoms with Crippen molar-refractivity contribution in [1.82, 2.24) is 5.32 Å². The van der Waals surface area contributed by atoms with Gasteiger partial charge in [-0.15, -0.1) is 0 Å². The highest BCUT2D eigenvalue weighted by Crippen LogP contribution is 2.38. The average molecular weight is 1200 g/mol. The van der Waals surface area contributed by atoms with Crippen molar-refractivity contribution in [3.8, 4) is 0 Å². The molecule has 3 atom stereocenters. The summed E-state index contributed by atoms with van der Waals surface area (Å²) in [7, 11) is 1.15. The fourth-order valence-corrected chi connectivity index (χ4v) is 10.1. The van der Waals surface area contributed by atoms with Gasteiger partial charge in [-0.05, 0) is 122 Å². The van der Waals surface area contributed by atoms with Gasteiger partial charge in [-0.3, -0.25) is 14.2 Å². The van der Waals surface area contributed by atoms with E-state index < -0.39 is 26.6 Å². The van der Waals surface area contributed by atoms with Gasteiger partial charge in [0.1, 0.15) is 19.3 Å². The Labute approximate surface area is 524 Å². The summed E-state index contributed by atoms with van der Waals surface area (Å²) < 4.78 is 30.4. The third-order valence-corrected chi connectivity index (χ3v) is 15.5. The number of quaternary nitrogens is 1. The summed E-state index contributed by atoms with van der Waals surface area (Å²) >= 11 is 0. The molecule has 1 N–H and O–H groups in total. The number of hydrogen-bond acceptors (Lipinski definition) is 7. The summed E-state index contributed by atoms with van der Waals surface area (Å²) in [6.45, 7) is 6.60. The number of phosphoric ester groups is 1. The lowest BCUT2D eigenvalue weighted by atomic mass is 10.0. The third kappa shape index (κ3) is 64.5. The number of rotatable bonds is 61. The zero-order valence-electron chi connectivity index (χ0n) is 55.5. The molecule has 85 heavy (non-hydrogen) atoms. The fourth-order valence-electron chi connectivity index (χ4n) is 9.34. The van der Waals surface area contributed by atoms with E-state index in [4.69, 9.17) is 13.8 Å². The molecule has 0 saturated heterocycles. The van der Waals surface area contributed by atoms with Crippen molar-refractivity contribution in [2.75, 3.05) is 40.9 Å². The number of unbranched alkanes of at least 4 members (excludes halogenated alkanes) is 25. The minimum absolute atomic E-state index is 0.0340. The predicted molar refractivity (Wildman–Crippen MR) is 366 cm³/mol. The highest BCUT2D eigenvalue weighted by molar-refractivity contribution is 7.45. The quantitative estimate of drug-likeness (QED) is 0.0212. The van der Waals surface area contributed by atoms with E-state index in [1.54, 1.807) is 0 Å². The second-order valence-electron chi connectivity index (χ2n) is 23.9. The van der Waals surface area contributed by atoms with Crippen LogP contribution in [0, 0.1) is 0 Å². The van der Waals surface area contributed by atoms with Gasteiger partial charge in [0.15, 0.2) is 0 Å². The van der Waals surface area contributed by atoms with E-state index >= 15 is 0 Å². The standard InChI is InChI=1S/C75H129N2O7P/c1-7-10-13-16-19-22-25-28-30-32-34-36-37-38-39-41-42-44-46-49-52-55-58-61-64-67-74(78)76-72(71-83-85(80,81)82-70-69-77(4,5)6)73(66-63-60-57-54-51-48-27-24-21-18-15-12-9-3)84-75(79)68-65-62-59-56-53-50-47-45-43-40-35-33-31-29-26-23-20-17-14-11-8-2/h10-11,13-14,19-20,22-23,28-31,34-36,38-40,45,47,63,66,72-73H,7-9,12,15-18,21,24-27,32-33,37,41-44,46,48-62,64-65,67-71H2,1-6H3,(H-,76,78,80,81)/b13-10-,14-11-,22-19-,23-20-,30-28-,31-29-,36-34-,39-38-,40-35-,47-45-,66-63-. The van der Waals surface area contributed by atoms with Gasteiger partial charge in [0.25, 0.3) is 7.82 Å². The number of carbonyl (C=O) groups is 2. The van der Waals surface area contributed by atoms with Crippen molar-refractivity contribution in [2.45, 2.75) is 290 Å². The van der Waals surface area contributed by atoms with Crippen molar-refractivity contribution in [3.63, 3.8) is 0 Å². The van der Waals surface area contributed by atoms with Crippen LogP contribution in [-0.4, -0.2) is 69.4 Å². The topological polar surface area (TPSA) is 114 Å². The molecule has 3 unspecified atom stereocenters. The van der Waals surface area contributed by atoms with Crippen LogP contribution >= 0.6 is 7.82 Å². The molecule has 0 aliphatic heterocycles. The molecule has 0 aliphatic rings. The number of esters is 1. The normalized spacial score (nSPS) is 14.4. The van der Waals surface area contributed by atoms with Gasteiger partial charge in [0.2, 0.25) is 5.91 Å². The number of likely N-dealkylation sites (N-methyl/N-ethyl adjacent to an activating group) is 1. The molecule has 10 heteroatoms. The van der Waals surface area contributed by atoms with E-state index in [0.717, 1.165) is 148 Å². The molecule has 0 radical (unpaired) electrons. The molecule has 0 heterocycles. The van der Waals surface area contributed by atoms with Crippen LogP contribution in [-0.2, 0) is 27.9 Å². The van der Waals surface area contributed by atoms with Crippen LogP contribution in [0.3, 0.4) is 0 Å². The summed E-state index contributed by atoms with van der Waals surface area (Å²) in [5.41, 5.74) is 0. The van der Waals surface area contributed by atoms with Gasteiger partial charge in [-0.25, -0.2) is 0 Å². The number of carbonyl (C=O) groups excluding carboxylic acids is 2. The molecule has 9 nitrogen and oxygen atoms in total. The Balaban J connectivity index is 5.21. The summed E-state index contributed by atoms with van der Waals surface area (Å²) in [6, 6.07) is -0.911. The van der Waals surface area contributed by atoms with Crippen LogP contribution in [0.25, 0.3) is 0 Å². The zero-order valence-corrected chi connectivity index (χ0v) is 56.4. The van der Waals surface area contributed by atoms with E-state index in [-0.39, 0.29) is 24.9 Å². The van der Waals surface area contributed by atoms with E-state index in [1.165, 1.54) is 89.9 Å². The molecule has 1 amide bonds. The van der Waals surface area contributed by atoms with Crippen LogP contribution in [0.5, 0.6) is 0 Å². The summed E-state index contributed by atoms with van der Waals surface area (Å²) in [4.78, 5) is 40.2. The Morgan fingerprint density at radius 1 is 0.424 bits per heavy atom. The summed E-state index contributed by atoms with van der Waals surface area (Å²) in [6.07, 6.45) is 89.9. The number of ether oxygens (including phenoxy) is 1. The maximum absolute atomic E-state index is 13.6. The van der Waals surface area contributed by atoms with Crippen LogP contribution < -0.4 is 10.2 Å². The molecular weight excluding hydrogens is 1070 g/mol. The monoisotopic (exact) mass is 1200 g/mol. The lowest BCUT2D eigenvalue weighted by Crippen LogP contribution is -2.47. The van der Waals surface area contributed by atoms with Gasteiger partial charge in [0, 0.05) is 12.8 Å². The lowest BCUT2D eigenvalue weighted by Gasteiger charge is -2.30. The molecular formula is C75H129N2O7P. The van der Waals surface area contributed by atoms with E-state index in [0.29, 0.717) is 23.9 Å². The van der Waals surface area contributed by atoms with Crippen molar-refractivity contribution >= 4 is 19.7 Å². The lowest BCUT2D eigenvalue weighted by molar-refractivity contribution is -0.870. The smallest absolute Gasteiger partial charge is 0.306 e. The van der Waals surface area contributed by atoms with Crippen molar-refractivity contribution in [3.05, 3.63) is 134 Å². The number of nitrogens with one attached hydrogen (secondary N) is 1. The molecule has 0 spiro atoms. The van der Waals surface area contributed by atoms with Crippen LogP contribution in [0.15, 0.2) is 134 Å². The molecule has 0 bridgehead atoms. The number of hydrogen-bond donors (Lipinski definition) is 1. The number of phosphoric acid groups is 1. The van der Waals surface area contributed by atoms with E-state index in [1.807, 2.05) is 33.3 Å². The Morgan fingerprint density at radius 2 is 0.753 bits per heavy atom. The van der Waals surface area contributed by atoms with Gasteiger partial charge >= 0.3 is 5.97 Å². The molecule has 0 fully saturated rings. The van der Waals surface area contributed by atoms with E-state index in [2.05, 4.69) is 148 Å². The van der Waals surface area contributed by atoms with Crippen LogP contribution in [0.4, 0.5) is 0 Å². The highest BCUT2D eigenvalue weighted by Gasteiger charge is 2.27. The van der Waals surface area contributed by atoms with Crippen molar-refractivity contribution in [2.24, 2.45) is 0 Å². The fraction of sp³-hybridized carbons (Fsp3) is 0.680. The molecule has 0 saturated carbocycles. The number of nitrogens with zero attached hydrogens (tertiary/aromatic N) is 1. The highest BCUT2D eigenvalue weighted by atomic mass is 31.2. The molecule has 0 aromatic heterocycles. The first-order chi connectivity index (χ1) is 41.4. The van der Waals surface area contributed by atoms with Gasteiger partial charge in [-0.2, -0.15) is 0 Å². The van der Waals surface area contributed by atoms with Gasteiger partial charge in [-0.1, -0.05) is 277 Å². The molecule has 486 valence electrons. The second-order valence-corrected chi connectivity index (χ2v) is 25.3. The Bertz CT molecular complexity index is 1920. The van der Waals surface area contributed by atoms with Crippen molar-refractivity contribution in [1.29, 1.82) is 0 Å². The largest absolute Gasteiger partial charge is 0.756 e. The first kappa shape index (κ1) is 81.2. The maximum atomic E-state index is 13.6. The number of allylic oxidation sites excluding steroid dienone is 21. The van der Waals surface area contributed by atoms with Gasteiger partial charge in [0.05, 0.1) is 33.8 Å².